The summed E-state index contributed by atoms with van der Waals surface area (Å²) in [6.07, 6.45) is 3.63. The van der Waals surface area contributed by atoms with Gasteiger partial charge in [0.15, 0.2) is 0 Å². The highest BCUT2D eigenvalue weighted by molar-refractivity contribution is 5.38. The van der Waals surface area contributed by atoms with E-state index in [0.29, 0.717) is 0 Å². The largest absolute Gasteiger partial charge is 0.370 e. The maximum Gasteiger partial charge on any atom is 0.0959 e. The average Bonchev–Trinajstić information content (AvgIpc) is 2.42. The summed E-state index contributed by atoms with van der Waals surface area (Å²) in [5, 5.41) is 0. The predicted molar refractivity (Wildman–Crippen MR) is 47.0 cm³/mol. The minimum absolute atomic E-state index is 0.149. The molecule has 1 heteroatoms. The maximum atomic E-state index is 5.71. The zero-order chi connectivity index (χ0) is 8.02. The average molecular weight is 160 g/mol. The Morgan fingerprint density at radius 1 is 1.17 bits per heavy atom. The molecule has 1 unspecified atom stereocenters. The van der Waals surface area contributed by atoms with Gasteiger partial charge in [0.05, 0.1) is 12.2 Å². The van der Waals surface area contributed by atoms with E-state index in [0.717, 1.165) is 6.61 Å². The molecule has 1 fully saturated rings. The molecule has 0 N–H and O–H groups in total. The molecule has 1 aromatic rings. The van der Waals surface area contributed by atoms with Crippen LogP contribution < -0.4 is 0 Å². The van der Waals surface area contributed by atoms with Crippen LogP contribution in [0.3, 0.4) is 0 Å². The summed E-state index contributed by atoms with van der Waals surface area (Å²) >= 11 is 0. The fourth-order valence-corrected chi connectivity index (χ4v) is 2.41. The van der Waals surface area contributed by atoms with Gasteiger partial charge in [0.25, 0.3) is 0 Å². The molecule has 0 saturated carbocycles. The van der Waals surface area contributed by atoms with Crippen molar-refractivity contribution in [1.29, 1.82) is 0 Å². The third-order valence-electron chi connectivity index (χ3n) is 3.19. The Kier molecular flexibility index (Phi) is 1.17. The molecule has 1 atom stereocenters. The van der Waals surface area contributed by atoms with E-state index in [1.807, 2.05) is 0 Å². The number of ether oxygens (including phenoxy) is 1. The van der Waals surface area contributed by atoms with Gasteiger partial charge in [-0.15, -0.1) is 0 Å². The Labute approximate surface area is 72.4 Å². The van der Waals surface area contributed by atoms with E-state index in [2.05, 4.69) is 24.3 Å². The number of benzene rings is 1. The van der Waals surface area contributed by atoms with E-state index >= 15 is 0 Å². The van der Waals surface area contributed by atoms with Crippen molar-refractivity contribution in [3.8, 4) is 0 Å². The molecule has 1 aliphatic carbocycles. The summed E-state index contributed by atoms with van der Waals surface area (Å²) in [6, 6.07) is 8.69. The second-order valence-corrected chi connectivity index (χ2v) is 3.75. The lowest BCUT2D eigenvalue weighted by Gasteiger charge is -2.39. The molecule has 1 aromatic carbocycles. The Bertz CT molecular complexity index is 313. The van der Waals surface area contributed by atoms with Crippen molar-refractivity contribution in [3.05, 3.63) is 35.4 Å². The number of aryl methyl sites for hydroxylation is 1. The molecule has 1 nitrogen and oxygen atoms in total. The van der Waals surface area contributed by atoms with Gasteiger partial charge in [0, 0.05) is 6.42 Å². The van der Waals surface area contributed by atoms with Gasteiger partial charge in [-0.3, -0.25) is 0 Å². The van der Waals surface area contributed by atoms with Crippen LogP contribution in [0.4, 0.5) is 0 Å². The van der Waals surface area contributed by atoms with Crippen LogP contribution in [0.1, 0.15) is 24.0 Å². The van der Waals surface area contributed by atoms with Crippen molar-refractivity contribution >= 4 is 0 Å². The van der Waals surface area contributed by atoms with E-state index < -0.39 is 0 Å². The summed E-state index contributed by atoms with van der Waals surface area (Å²) in [4.78, 5) is 0. The molecule has 62 valence electrons. The topological polar surface area (TPSA) is 9.23 Å². The molecule has 0 radical (unpaired) electrons. The number of hydrogen-bond acceptors (Lipinski definition) is 1. The first-order valence-corrected chi connectivity index (χ1v) is 4.63. The maximum absolute atomic E-state index is 5.71. The van der Waals surface area contributed by atoms with Crippen LogP contribution in [0.2, 0.25) is 0 Å². The van der Waals surface area contributed by atoms with E-state index in [-0.39, 0.29) is 5.60 Å². The molecule has 12 heavy (non-hydrogen) atoms. The lowest BCUT2D eigenvalue weighted by molar-refractivity contribution is -0.152. The van der Waals surface area contributed by atoms with Crippen LogP contribution in [0.15, 0.2) is 24.3 Å². The van der Waals surface area contributed by atoms with Gasteiger partial charge in [-0.2, -0.15) is 0 Å². The summed E-state index contributed by atoms with van der Waals surface area (Å²) in [7, 11) is 0. The quantitative estimate of drug-likeness (QED) is 0.565. The minimum Gasteiger partial charge on any atom is -0.370 e. The van der Waals surface area contributed by atoms with Crippen LogP contribution in [0.5, 0.6) is 0 Å². The summed E-state index contributed by atoms with van der Waals surface area (Å²) in [5.74, 6) is 0. The van der Waals surface area contributed by atoms with Gasteiger partial charge in [-0.25, -0.2) is 0 Å². The predicted octanol–water partition coefficient (Wildman–Crippen LogP) is 2.25. The van der Waals surface area contributed by atoms with Gasteiger partial charge >= 0.3 is 0 Å². The zero-order valence-corrected chi connectivity index (χ0v) is 7.05. The van der Waals surface area contributed by atoms with Gasteiger partial charge in [0.1, 0.15) is 0 Å². The zero-order valence-electron chi connectivity index (χ0n) is 7.05. The van der Waals surface area contributed by atoms with Gasteiger partial charge in [0.2, 0.25) is 0 Å². The monoisotopic (exact) mass is 160 g/mol. The molecule has 0 aromatic heterocycles. The van der Waals surface area contributed by atoms with E-state index in [1.165, 1.54) is 30.4 Å². The Balaban J connectivity index is 2.13. The molecule has 1 aliphatic heterocycles. The van der Waals surface area contributed by atoms with Gasteiger partial charge in [-0.1, -0.05) is 24.3 Å². The van der Waals surface area contributed by atoms with Crippen molar-refractivity contribution in [2.24, 2.45) is 0 Å². The third kappa shape index (κ3) is 0.674. The number of rotatable bonds is 0. The van der Waals surface area contributed by atoms with E-state index in [4.69, 9.17) is 4.74 Å². The first-order chi connectivity index (χ1) is 5.91. The van der Waals surface area contributed by atoms with Crippen LogP contribution in [0.25, 0.3) is 0 Å². The molecule has 0 amide bonds. The van der Waals surface area contributed by atoms with Crippen LogP contribution in [-0.2, 0) is 16.8 Å². The van der Waals surface area contributed by atoms with Gasteiger partial charge < -0.3 is 4.74 Å². The van der Waals surface area contributed by atoms with Crippen LogP contribution in [0, 0.1) is 0 Å². The summed E-state index contributed by atoms with van der Waals surface area (Å²) in [5.41, 5.74) is 3.10. The first kappa shape index (κ1) is 6.67. The highest BCUT2D eigenvalue weighted by Gasteiger charge is 2.44. The van der Waals surface area contributed by atoms with Gasteiger partial charge in [-0.05, 0) is 24.0 Å². The molecular weight excluding hydrogens is 148 g/mol. The van der Waals surface area contributed by atoms with Crippen molar-refractivity contribution in [1.82, 2.24) is 0 Å². The van der Waals surface area contributed by atoms with Crippen molar-refractivity contribution in [3.63, 3.8) is 0 Å². The number of fused-ring (bicyclic) bond motifs is 2. The Hall–Kier alpha value is -0.820. The smallest absolute Gasteiger partial charge is 0.0959 e. The summed E-state index contributed by atoms with van der Waals surface area (Å²) < 4.78 is 5.71. The van der Waals surface area contributed by atoms with Crippen molar-refractivity contribution < 1.29 is 4.74 Å². The lowest BCUT2D eigenvalue weighted by Crippen LogP contribution is -2.38. The second-order valence-electron chi connectivity index (χ2n) is 3.75. The lowest BCUT2D eigenvalue weighted by atomic mass is 9.88. The van der Waals surface area contributed by atoms with E-state index in [1.54, 1.807) is 0 Å². The molecule has 2 aliphatic rings. The highest BCUT2D eigenvalue weighted by atomic mass is 16.5. The minimum atomic E-state index is 0.149. The Morgan fingerprint density at radius 2 is 2.00 bits per heavy atom. The normalized spacial score (nSPS) is 31.7. The molecule has 1 saturated heterocycles. The fraction of sp³-hybridized carbons (Fsp3) is 0.455. The number of hydrogen-bond donors (Lipinski definition) is 0. The van der Waals surface area contributed by atoms with Crippen molar-refractivity contribution in [2.75, 3.05) is 6.61 Å². The van der Waals surface area contributed by atoms with E-state index in [9.17, 15) is 0 Å². The SMILES string of the molecule is c1ccc2c(c1)CCC21CCO1. The molecule has 3 rings (SSSR count). The third-order valence-corrected chi connectivity index (χ3v) is 3.19. The molecule has 0 bridgehead atoms. The molecular formula is C11H12O. The van der Waals surface area contributed by atoms with Crippen molar-refractivity contribution in [2.45, 2.75) is 24.9 Å². The first-order valence-electron chi connectivity index (χ1n) is 4.63. The molecule has 1 spiro atoms. The standard InChI is InChI=1S/C11H12O/c1-2-4-10-9(3-1)5-6-11(10)7-8-12-11/h1-4H,5-8H2. The molecule has 1 heterocycles. The highest BCUT2D eigenvalue weighted by Crippen LogP contribution is 2.47. The fourth-order valence-electron chi connectivity index (χ4n) is 2.41. The van der Waals surface area contributed by atoms with Crippen LogP contribution >= 0.6 is 0 Å². The second kappa shape index (κ2) is 2.11. The Morgan fingerprint density at radius 3 is 2.75 bits per heavy atom. The summed E-state index contributed by atoms with van der Waals surface area (Å²) in [6.45, 7) is 0.953. The van der Waals surface area contributed by atoms with Crippen LogP contribution in [-0.4, -0.2) is 6.61 Å².